The van der Waals surface area contributed by atoms with E-state index >= 15 is 0 Å². The van der Waals surface area contributed by atoms with Gasteiger partial charge in [-0.2, -0.15) is 0 Å². The van der Waals surface area contributed by atoms with Crippen LogP contribution in [-0.4, -0.2) is 11.3 Å². The Kier molecular flexibility index (Phi) is 3.94. The van der Waals surface area contributed by atoms with E-state index in [1.807, 2.05) is 0 Å². The second-order valence-electron chi connectivity index (χ2n) is 12.3. The third-order valence-corrected chi connectivity index (χ3v) is 7.96. The molecular formula is C32H30BNO. The SMILES string of the molecule is CC(C)(C)c1ccc2c(c1)Oc1cc(C(C)(C)C)cc3c1B2c1cccc2c4ccccc4n-3c12. The monoisotopic (exact) mass is 455 g/mol. The lowest BCUT2D eigenvalue weighted by atomic mass is 9.34. The van der Waals surface area contributed by atoms with Gasteiger partial charge in [0.2, 0.25) is 0 Å². The van der Waals surface area contributed by atoms with E-state index in [1.165, 1.54) is 55.0 Å². The second kappa shape index (κ2) is 6.60. The molecule has 3 heteroatoms. The molecule has 2 nitrogen and oxygen atoms in total. The highest BCUT2D eigenvalue weighted by molar-refractivity contribution is 6.99. The van der Waals surface area contributed by atoms with Crippen molar-refractivity contribution in [3.63, 3.8) is 0 Å². The van der Waals surface area contributed by atoms with Crippen LogP contribution in [0.3, 0.4) is 0 Å². The molecule has 4 aromatic carbocycles. The predicted molar refractivity (Wildman–Crippen MR) is 149 cm³/mol. The maximum absolute atomic E-state index is 6.78. The van der Waals surface area contributed by atoms with Crippen LogP contribution in [0.2, 0.25) is 0 Å². The quantitative estimate of drug-likeness (QED) is 0.244. The summed E-state index contributed by atoms with van der Waals surface area (Å²) >= 11 is 0. The van der Waals surface area contributed by atoms with Crippen molar-refractivity contribution in [2.45, 2.75) is 52.4 Å². The maximum atomic E-state index is 6.78. The minimum atomic E-state index is 0.0109. The molecular weight excluding hydrogens is 425 g/mol. The number of rotatable bonds is 0. The third kappa shape index (κ3) is 2.78. The molecule has 1 aromatic heterocycles. The molecule has 3 heterocycles. The van der Waals surface area contributed by atoms with E-state index in [-0.39, 0.29) is 17.5 Å². The fraction of sp³-hybridized carbons (Fsp3) is 0.250. The Morgan fingerprint density at radius 2 is 1.37 bits per heavy atom. The Morgan fingerprint density at radius 1 is 0.657 bits per heavy atom. The Morgan fingerprint density at radius 3 is 2.14 bits per heavy atom. The van der Waals surface area contributed by atoms with Crippen LogP contribution in [0.4, 0.5) is 0 Å². The van der Waals surface area contributed by atoms with Gasteiger partial charge in [-0.05, 0) is 62.6 Å². The minimum Gasteiger partial charge on any atom is -0.458 e. The molecule has 0 radical (unpaired) electrons. The third-order valence-electron chi connectivity index (χ3n) is 7.96. The van der Waals surface area contributed by atoms with Gasteiger partial charge < -0.3 is 9.30 Å². The zero-order chi connectivity index (χ0) is 24.3. The smallest absolute Gasteiger partial charge is 0.256 e. The summed E-state index contributed by atoms with van der Waals surface area (Å²) in [6, 6.07) is 27.2. The second-order valence-corrected chi connectivity index (χ2v) is 12.3. The lowest BCUT2D eigenvalue weighted by molar-refractivity contribution is 0.479. The topological polar surface area (TPSA) is 14.2 Å². The van der Waals surface area contributed by atoms with E-state index in [1.54, 1.807) is 0 Å². The summed E-state index contributed by atoms with van der Waals surface area (Å²) in [6.07, 6.45) is 0. The predicted octanol–water partition coefficient (Wildman–Crippen LogP) is 6.31. The number of ether oxygens (including phenoxy) is 1. The molecule has 0 N–H and O–H groups in total. The van der Waals surface area contributed by atoms with E-state index in [0.29, 0.717) is 0 Å². The molecule has 0 atom stereocenters. The van der Waals surface area contributed by atoms with Gasteiger partial charge >= 0.3 is 0 Å². The molecule has 2 aliphatic heterocycles. The molecule has 2 aliphatic rings. The van der Waals surface area contributed by atoms with Gasteiger partial charge in [-0.3, -0.25) is 0 Å². The highest BCUT2D eigenvalue weighted by atomic mass is 16.5. The summed E-state index contributed by atoms with van der Waals surface area (Å²) in [4.78, 5) is 0. The van der Waals surface area contributed by atoms with Gasteiger partial charge in [-0.15, -0.1) is 0 Å². The maximum Gasteiger partial charge on any atom is 0.256 e. The van der Waals surface area contributed by atoms with E-state index in [0.717, 1.165) is 11.5 Å². The van der Waals surface area contributed by atoms with E-state index in [4.69, 9.17) is 4.74 Å². The van der Waals surface area contributed by atoms with Crippen molar-refractivity contribution >= 4 is 44.9 Å². The van der Waals surface area contributed by atoms with Crippen molar-refractivity contribution in [2.24, 2.45) is 0 Å². The Hall–Kier alpha value is -3.46. The Bertz CT molecular complexity index is 1690. The standard InChI is InChI=1S/C32H30BNO/c1-31(2,3)19-14-15-23-27(17-19)35-28-18-20(32(4,5)6)16-26-29(28)33(23)24-12-9-11-22-21-10-7-8-13-25(21)34(26)30(22)24/h7-18H,1-6H3. The van der Waals surface area contributed by atoms with Crippen LogP contribution in [0.5, 0.6) is 11.5 Å². The molecule has 0 spiro atoms. The number of aromatic nitrogens is 1. The van der Waals surface area contributed by atoms with E-state index < -0.39 is 0 Å². The fourth-order valence-corrected chi connectivity index (χ4v) is 6.06. The minimum absolute atomic E-state index is 0.0109. The average molecular weight is 455 g/mol. The molecule has 0 saturated heterocycles. The van der Waals surface area contributed by atoms with E-state index in [2.05, 4.69) is 119 Å². The van der Waals surface area contributed by atoms with Gasteiger partial charge in [0.05, 0.1) is 5.52 Å². The zero-order valence-corrected chi connectivity index (χ0v) is 21.4. The average Bonchev–Trinajstić information content (AvgIpc) is 3.15. The number of hydrogen-bond donors (Lipinski definition) is 0. The molecule has 0 bridgehead atoms. The summed E-state index contributed by atoms with van der Waals surface area (Å²) in [7, 11) is 0. The van der Waals surface area contributed by atoms with Crippen LogP contribution in [0.25, 0.3) is 27.5 Å². The van der Waals surface area contributed by atoms with Crippen LogP contribution in [0.15, 0.2) is 72.8 Å². The van der Waals surface area contributed by atoms with Gasteiger partial charge in [0, 0.05) is 22.0 Å². The summed E-state index contributed by atoms with van der Waals surface area (Å²) in [6.45, 7) is 13.8. The van der Waals surface area contributed by atoms with Gasteiger partial charge in [-0.1, -0.05) is 90.1 Å². The lowest BCUT2D eigenvalue weighted by Crippen LogP contribution is -2.58. The molecule has 172 valence electrons. The van der Waals surface area contributed by atoms with Gasteiger partial charge in [0.1, 0.15) is 11.5 Å². The Labute approximate surface area is 207 Å². The normalized spacial score (nSPS) is 14.2. The number of hydrogen-bond acceptors (Lipinski definition) is 1. The van der Waals surface area contributed by atoms with Crippen molar-refractivity contribution < 1.29 is 4.74 Å². The molecule has 35 heavy (non-hydrogen) atoms. The number of fused-ring (bicyclic) bond motifs is 7. The largest absolute Gasteiger partial charge is 0.458 e. The van der Waals surface area contributed by atoms with E-state index in [9.17, 15) is 0 Å². The molecule has 0 unspecified atom stereocenters. The molecule has 0 saturated carbocycles. The van der Waals surface area contributed by atoms with Crippen molar-refractivity contribution in [2.75, 3.05) is 0 Å². The summed E-state index contributed by atoms with van der Waals surface area (Å²) < 4.78 is 9.27. The summed E-state index contributed by atoms with van der Waals surface area (Å²) in [5.41, 5.74) is 10.4. The van der Waals surface area contributed by atoms with Gasteiger partial charge in [-0.25, -0.2) is 0 Å². The van der Waals surface area contributed by atoms with Crippen LogP contribution in [0.1, 0.15) is 52.7 Å². The lowest BCUT2D eigenvalue weighted by Gasteiger charge is -2.35. The molecule has 0 amide bonds. The highest BCUT2D eigenvalue weighted by Crippen LogP contribution is 2.40. The molecule has 5 aromatic rings. The molecule has 0 aliphatic carbocycles. The first-order valence-electron chi connectivity index (χ1n) is 12.7. The molecule has 0 fully saturated rings. The van der Waals surface area contributed by atoms with Crippen LogP contribution < -0.4 is 21.1 Å². The fourth-order valence-electron chi connectivity index (χ4n) is 6.06. The van der Waals surface area contributed by atoms with Crippen LogP contribution in [-0.2, 0) is 10.8 Å². The molecule has 7 rings (SSSR count). The summed E-state index contributed by atoms with van der Waals surface area (Å²) in [5, 5.41) is 2.63. The number of nitrogens with zero attached hydrogens (tertiary/aromatic N) is 1. The van der Waals surface area contributed by atoms with Crippen LogP contribution in [0, 0.1) is 0 Å². The Balaban J connectivity index is 1.65. The van der Waals surface area contributed by atoms with Crippen molar-refractivity contribution in [3.05, 3.63) is 83.9 Å². The number of para-hydroxylation sites is 2. The van der Waals surface area contributed by atoms with Crippen LogP contribution >= 0.6 is 0 Å². The first-order chi connectivity index (χ1) is 16.6. The number of benzene rings is 4. The van der Waals surface area contributed by atoms with Crippen molar-refractivity contribution in [1.29, 1.82) is 0 Å². The van der Waals surface area contributed by atoms with Gasteiger partial charge in [0.15, 0.2) is 0 Å². The zero-order valence-electron chi connectivity index (χ0n) is 21.4. The summed E-state index contributed by atoms with van der Waals surface area (Å²) in [5.74, 6) is 1.99. The highest BCUT2D eigenvalue weighted by Gasteiger charge is 2.41. The first kappa shape index (κ1) is 20.9. The van der Waals surface area contributed by atoms with Gasteiger partial charge in [0.25, 0.3) is 6.71 Å². The first-order valence-corrected chi connectivity index (χ1v) is 12.7. The van der Waals surface area contributed by atoms with Crippen molar-refractivity contribution in [1.82, 2.24) is 4.57 Å². The van der Waals surface area contributed by atoms with Crippen molar-refractivity contribution in [3.8, 4) is 17.2 Å².